The molecule has 1 aromatic heterocycles. The number of benzene rings is 1. The molecule has 0 saturated carbocycles. The fourth-order valence-electron chi connectivity index (χ4n) is 3.25. The lowest BCUT2D eigenvalue weighted by Gasteiger charge is -2.36. The first kappa shape index (κ1) is 20.4. The molecule has 9 heteroatoms. The number of piperidine rings is 1. The fraction of sp³-hybridized carbons (Fsp3) is 0.421. The molecule has 1 aromatic carbocycles. The number of hydrogen-bond acceptors (Lipinski definition) is 4. The predicted octanol–water partition coefficient (Wildman–Crippen LogP) is 3.82. The van der Waals surface area contributed by atoms with Crippen LogP contribution < -0.4 is 4.90 Å². The van der Waals surface area contributed by atoms with E-state index in [4.69, 9.17) is 11.6 Å². The number of aromatic nitrogens is 2. The van der Waals surface area contributed by atoms with E-state index in [1.807, 2.05) is 11.9 Å². The Morgan fingerprint density at radius 2 is 1.75 bits per heavy atom. The summed E-state index contributed by atoms with van der Waals surface area (Å²) in [5.74, 6) is 0.502. The largest absolute Gasteiger partial charge is 0.416 e. The number of amides is 1. The van der Waals surface area contributed by atoms with Crippen LogP contribution in [0.1, 0.15) is 24.0 Å². The van der Waals surface area contributed by atoms with Crippen molar-refractivity contribution < 1.29 is 18.0 Å². The second-order valence-electron chi connectivity index (χ2n) is 6.80. The van der Waals surface area contributed by atoms with E-state index in [-0.39, 0.29) is 18.4 Å². The van der Waals surface area contributed by atoms with Gasteiger partial charge in [-0.2, -0.15) is 13.2 Å². The van der Waals surface area contributed by atoms with Crippen LogP contribution in [0.5, 0.6) is 0 Å². The normalized spacial score (nSPS) is 15.5. The van der Waals surface area contributed by atoms with Gasteiger partial charge < -0.3 is 9.80 Å². The Morgan fingerprint density at radius 1 is 1.18 bits per heavy atom. The molecule has 1 aliphatic heterocycles. The zero-order valence-corrected chi connectivity index (χ0v) is 16.0. The SMILES string of the molecule is CN(c1ncc(Cl)cn1)C1CCN(C(=O)Cc2ccc(C(F)(F)F)cc2)CC1. The highest BCUT2D eigenvalue weighted by Gasteiger charge is 2.30. The Bertz CT molecular complexity index is 803. The van der Waals surface area contributed by atoms with Gasteiger partial charge in [0.1, 0.15) is 0 Å². The minimum absolute atomic E-state index is 0.0800. The van der Waals surface area contributed by atoms with E-state index in [1.165, 1.54) is 12.1 Å². The zero-order valence-electron chi connectivity index (χ0n) is 15.3. The Hall–Kier alpha value is -2.35. The number of hydrogen-bond donors (Lipinski definition) is 0. The first-order valence-corrected chi connectivity index (χ1v) is 9.26. The summed E-state index contributed by atoms with van der Waals surface area (Å²) in [6, 6.07) is 4.95. The molecule has 150 valence electrons. The Morgan fingerprint density at radius 3 is 2.29 bits per heavy atom. The minimum atomic E-state index is -4.37. The second kappa shape index (κ2) is 8.34. The number of halogens is 4. The Labute approximate surface area is 166 Å². The molecule has 0 bridgehead atoms. The zero-order chi connectivity index (χ0) is 20.3. The summed E-state index contributed by atoms with van der Waals surface area (Å²) in [6.07, 6.45) is 0.345. The molecular weight excluding hydrogens is 393 g/mol. The molecule has 28 heavy (non-hydrogen) atoms. The number of rotatable bonds is 4. The number of anilines is 1. The van der Waals surface area contributed by atoms with Crippen molar-refractivity contribution in [3.63, 3.8) is 0 Å². The molecular formula is C19H20ClF3N4O. The van der Waals surface area contributed by atoms with Gasteiger partial charge in [-0.1, -0.05) is 23.7 Å². The van der Waals surface area contributed by atoms with Gasteiger partial charge >= 0.3 is 6.18 Å². The summed E-state index contributed by atoms with van der Waals surface area (Å²) < 4.78 is 37.9. The molecule has 1 fully saturated rings. The lowest BCUT2D eigenvalue weighted by Crippen LogP contribution is -2.46. The molecule has 3 rings (SSSR count). The summed E-state index contributed by atoms with van der Waals surface area (Å²) in [5.41, 5.74) is -0.135. The maximum atomic E-state index is 12.6. The van der Waals surface area contributed by atoms with Crippen molar-refractivity contribution >= 4 is 23.5 Å². The van der Waals surface area contributed by atoms with E-state index < -0.39 is 11.7 Å². The first-order valence-electron chi connectivity index (χ1n) is 8.88. The van der Waals surface area contributed by atoms with Crippen LogP contribution in [0.25, 0.3) is 0 Å². The Balaban J connectivity index is 1.53. The van der Waals surface area contributed by atoms with Crippen LogP contribution in [0.3, 0.4) is 0 Å². The summed E-state index contributed by atoms with van der Waals surface area (Å²) in [5, 5.41) is 0.473. The van der Waals surface area contributed by atoms with Gasteiger partial charge in [-0.25, -0.2) is 9.97 Å². The Kier molecular flexibility index (Phi) is 6.07. The van der Waals surface area contributed by atoms with Crippen molar-refractivity contribution in [1.29, 1.82) is 0 Å². The smallest absolute Gasteiger partial charge is 0.342 e. The third-order valence-corrected chi connectivity index (χ3v) is 5.12. The van der Waals surface area contributed by atoms with Gasteiger partial charge in [-0.15, -0.1) is 0 Å². The number of likely N-dealkylation sites (tertiary alicyclic amines) is 1. The molecule has 1 aliphatic rings. The van der Waals surface area contributed by atoms with Crippen LogP contribution in [0.4, 0.5) is 19.1 Å². The average Bonchev–Trinajstić information content (AvgIpc) is 2.68. The second-order valence-corrected chi connectivity index (χ2v) is 7.23. The van der Waals surface area contributed by atoms with Crippen LogP contribution in [-0.2, 0) is 17.4 Å². The van der Waals surface area contributed by atoms with Gasteiger partial charge in [-0.3, -0.25) is 4.79 Å². The molecule has 0 N–H and O–H groups in total. The molecule has 0 unspecified atom stereocenters. The van der Waals surface area contributed by atoms with Gasteiger partial charge in [0.25, 0.3) is 0 Å². The maximum absolute atomic E-state index is 12.6. The van der Waals surface area contributed by atoms with Gasteiger partial charge in [-0.05, 0) is 30.5 Å². The number of carbonyl (C=O) groups is 1. The van der Waals surface area contributed by atoms with Crippen molar-refractivity contribution in [3.8, 4) is 0 Å². The lowest BCUT2D eigenvalue weighted by molar-refractivity contribution is -0.137. The van der Waals surface area contributed by atoms with E-state index in [1.54, 1.807) is 17.3 Å². The molecule has 1 amide bonds. The topological polar surface area (TPSA) is 49.3 Å². The van der Waals surface area contributed by atoms with Crippen molar-refractivity contribution in [3.05, 3.63) is 52.8 Å². The summed E-state index contributed by atoms with van der Waals surface area (Å²) in [7, 11) is 1.91. The molecule has 5 nitrogen and oxygen atoms in total. The third kappa shape index (κ3) is 4.92. The number of alkyl halides is 3. The lowest BCUT2D eigenvalue weighted by atomic mass is 10.0. The van der Waals surface area contributed by atoms with Crippen LogP contribution in [0, 0.1) is 0 Å². The molecule has 1 saturated heterocycles. The highest BCUT2D eigenvalue weighted by molar-refractivity contribution is 6.30. The van der Waals surface area contributed by atoms with Gasteiger partial charge in [0.15, 0.2) is 0 Å². The van der Waals surface area contributed by atoms with Crippen LogP contribution in [0.15, 0.2) is 36.7 Å². The molecule has 2 aromatic rings. The molecule has 2 heterocycles. The van der Waals surface area contributed by atoms with Crippen LogP contribution in [-0.4, -0.2) is 47.0 Å². The van der Waals surface area contributed by atoms with Crippen molar-refractivity contribution in [2.45, 2.75) is 31.5 Å². The molecule has 0 aliphatic carbocycles. The van der Waals surface area contributed by atoms with Gasteiger partial charge in [0.2, 0.25) is 11.9 Å². The fourth-order valence-corrected chi connectivity index (χ4v) is 3.35. The number of carbonyl (C=O) groups excluding carboxylic acids is 1. The van der Waals surface area contributed by atoms with Gasteiger partial charge in [0.05, 0.1) is 29.4 Å². The summed E-state index contributed by atoms with van der Waals surface area (Å²) >= 11 is 5.81. The van der Waals surface area contributed by atoms with E-state index in [0.29, 0.717) is 29.6 Å². The quantitative estimate of drug-likeness (QED) is 0.766. The van der Waals surface area contributed by atoms with Crippen molar-refractivity contribution in [2.75, 3.05) is 25.0 Å². The highest BCUT2D eigenvalue weighted by Crippen LogP contribution is 2.29. The molecule has 0 radical (unpaired) electrons. The number of nitrogens with zero attached hydrogens (tertiary/aromatic N) is 4. The first-order chi connectivity index (χ1) is 13.2. The van der Waals surface area contributed by atoms with E-state index >= 15 is 0 Å². The van der Waals surface area contributed by atoms with Crippen molar-refractivity contribution in [2.24, 2.45) is 0 Å². The predicted molar refractivity (Wildman–Crippen MR) is 100 cm³/mol. The van der Waals surface area contributed by atoms with Crippen LogP contribution in [0.2, 0.25) is 5.02 Å². The van der Waals surface area contributed by atoms with E-state index in [0.717, 1.165) is 25.0 Å². The van der Waals surface area contributed by atoms with Crippen molar-refractivity contribution in [1.82, 2.24) is 14.9 Å². The third-order valence-electron chi connectivity index (χ3n) is 4.92. The van der Waals surface area contributed by atoms with Crippen LogP contribution >= 0.6 is 11.6 Å². The summed E-state index contributed by atoms with van der Waals surface area (Å²) in [6.45, 7) is 1.17. The minimum Gasteiger partial charge on any atom is -0.342 e. The monoisotopic (exact) mass is 412 g/mol. The summed E-state index contributed by atoms with van der Waals surface area (Å²) in [4.78, 5) is 24.6. The highest BCUT2D eigenvalue weighted by atomic mass is 35.5. The average molecular weight is 413 g/mol. The van der Waals surface area contributed by atoms with Gasteiger partial charge in [0, 0.05) is 26.2 Å². The maximum Gasteiger partial charge on any atom is 0.416 e. The molecule has 0 atom stereocenters. The molecule has 0 spiro atoms. The van der Waals surface area contributed by atoms with E-state index in [2.05, 4.69) is 9.97 Å². The van der Waals surface area contributed by atoms with E-state index in [9.17, 15) is 18.0 Å². The standard InChI is InChI=1S/C19H20ClF3N4O/c1-26(18-24-11-15(20)12-25-18)16-6-8-27(9-7-16)17(28)10-13-2-4-14(5-3-13)19(21,22)23/h2-5,11-12,16H,6-10H2,1H3.